The smallest absolute Gasteiger partial charge is 0.233 e. The van der Waals surface area contributed by atoms with E-state index in [9.17, 15) is 13.6 Å². The summed E-state index contributed by atoms with van der Waals surface area (Å²) in [7, 11) is 0. The monoisotopic (exact) mass is 306 g/mol. The Morgan fingerprint density at radius 3 is 2.76 bits per heavy atom. The fraction of sp³-hybridized carbons (Fsp3) is 0.364. The van der Waals surface area contributed by atoms with Crippen molar-refractivity contribution in [1.29, 1.82) is 0 Å². The average Bonchev–Trinajstić information content (AvgIpc) is 2.29. The van der Waals surface area contributed by atoms with Crippen LogP contribution in [0.4, 0.5) is 8.78 Å². The van der Waals surface area contributed by atoms with Gasteiger partial charge in [-0.25, -0.2) is 8.78 Å². The van der Waals surface area contributed by atoms with E-state index >= 15 is 0 Å². The minimum atomic E-state index is -0.645. The first-order valence-corrected chi connectivity index (χ1v) is 5.95. The Bertz CT molecular complexity index is 413. The number of hydrogen-bond donors (Lipinski definition) is 2. The molecule has 0 aliphatic carbocycles. The largest absolute Gasteiger partial charge is 0.355 e. The number of amides is 1. The molecule has 0 unspecified atom stereocenters. The van der Waals surface area contributed by atoms with E-state index in [1.165, 1.54) is 12.1 Å². The highest BCUT2D eigenvalue weighted by atomic mass is 79.9. The molecule has 0 aliphatic rings. The Kier molecular flexibility index (Phi) is 5.50. The lowest BCUT2D eigenvalue weighted by Crippen LogP contribution is -2.33. The normalized spacial score (nSPS) is 10.4. The molecule has 1 amide bonds. The maximum Gasteiger partial charge on any atom is 0.233 e. The van der Waals surface area contributed by atoms with Gasteiger partial charge in [0.25, 0.3) is 0 Å². The third-order valence-corrected chi connectivity index (χ3v) is 2.71. The fourth-order valence-electron chi connectivity index (χ4n) is 1.29. The van der Waals surface area contributed by atoms with Crippen molar-refractivity contribution in [3.8, 4) is 0 Å². The summed E-state index contributed by atoms with van der Waals surface area (Å²) < 4.78 is 27.0. The predicted molar refractivity (Wildman–Crippen MR) is 64.4 cm³/mol. The fourth-order valence-corrected chi connectivity index (χ4v) is 1.66. The number of halogens is 3. The van der Waals surface area contributed by atoms with Gasteiger partial charge in [0.2, 0.25) is 5.91 Å². The van der Waals surface area contributed by atoms with Crippen LogP contribution in [0.5, 0.6) is 0 Å². The molecule has 1 aromatic rings. The zero-order valence-corrected chi connectivity index (χ0v) is 10.9. The molecule has 2 N–H and O–H groups in total. The first-order chi connectivity index (χ1) is 8.06. The Morgan fingerprint density at radius 2 is 2.12 bits per heavy atom. The van der Waals surface area contributed by atoms with Gasteiger partial charge in [-0.1, -0.05) is 0 Å². The van der Waals surface area contributed by atoms with E-state index in [2.05, 4.69) is 26.6 Å². The summed E-state index contributed by atoms with van der Waals surface area (Å²) in [4.78, 5) is 11.1. The molecule has 0 fully saturated rings. The summed E-state index contributed by atoms with van der Waals surface area (Å²) in [6.07, 6.45) is 0. The van der Waals surface area contributed by atoms with Gasteiger partial charge in [0.1, 0.15) is 11.6 Å². The summed E-state index contributed by atoms with van der Waals surface area (Å²) in [6, 6.07) is 2.48. The van der Waals surface area contributed by atoms with Crippen LogP contribution in [0, 0.1) is 11.6 Å². The van der Waals surface area contributed by atoms with Crippen LogP contribution >= 0.6 is 15.9 Å². The van der Waals surface area contributed by atoms with E-state index in [4.69, 9.17) is 0 Å². The van der Waals surface area contributed by atoms with Crippen molar-refractivity contribution in [2.24, 2.45) is 0 Å². The van der Waals surface area contributed by atoms with Gasteiger partial charge in [-0.3, -0.25) is 4.79 Å². The molecule has 17 heavy (non-hydrogen) atoms. The maximum atomic E-state index is 13.5. The first-order valence-electron chi connectivity index (χ1n) is 5.16. The standard InChI is InChI=1S/C11H13BrF2N2O/c1-2-16-10(17)6-15-5-7-9(13)4-3-8(12)11(7)14/h3-4,15H,2,5-6H2,1H3,(H,16,17). The molecule has 1 aromatic carbocycles. The van der Waals surface area contributed by atoms with E-state index < -0.39 is 11.6 Å². The number of hydrogen-bond acceptors (Lipinski definition) is 2. The van der Waals surface area contributed by atoms with Gasteiger partial charge in [0, 0.05) is 18.7 Å². The van der Waals surface area contributed by atoms with Crippen molar-refractivity contribution < 1.29 is 13.6 Å². The predicted octanol–water partition coefficient (Wildman–Crippen LogP) is 1.95. The second-order valence-electron chi connectivity index (χ2n) is 3.38. The van der Waals surface area contributed by atoms with Gasteiger partial charge in [0.15, 0.2) is 0 Å². The Morgan fingerprint density at radius 1 is 1.41 bits per heavy atom. The summed E-state index contributed by atoms with van der Waals surface area (Å²) in [5.74, 6) is -1.48. The van der Waals surface area contributed by atoms with Gasteiger partial charge in [-0.2, -0.15) is 0 Å². The molecule has 0 saturated heterocycles. The van der Waals surface area contributed by atoms with Crippen molar-refractivity contribution in [3.05, 3.63) is 33.8 Å². The summed E-state index contributed by atoms with van der Waals surface area (Å²) >= 11 is 2.98. The first kappa shape index (κ1) is 14.1. The van der Waals surface area contributed by atoms with Gasteiger partial charge in [-0.15, -0.1) is 0 Å². The number of carbonyl (C=O) groups excluding carboxylic acids is 1. The van der Waals surface area contributed by atoms with Gasteiger partial charge < -0.3 is 10.6 Å². The highest BCUT2D eigenvalue weighted by molar-refractivity contribution is 9.10. The lowest BCUT2D eigenvalue weighted by atomic mass is 10.2. The third kappa shape index (κ3) is 4.05. The highest BCUT2D eigenvalue weighted by Crippen LogP contribution is 2.21. The second kappa shape index (κ2) is 6.66. The molecule has 0 aliphatic heterocycles. The zero-order valence-electron chi connectivity index (χ0n) is 9.32. The van der Waals surface area contributed by atoms with Crippen molar-refractivity contribution >= 4 is 21.8 Å². The molecular formula is C11H13BrF2N2O. The SMILES string of the molecule is CCNC(=O)CNCc1c(F)ccc(Br)c1F. The van der Waals surface area contributed by atoms with E-state index in [1.807, 2.05) is 0 Å². The van der Waals surface area contributed by atoms with Crippen LogP contribution in [0.15, 0.2) is 16.6 Å². The van der Waals surface area contributed by atoms with Crippen molar-refractivity contribution in [1.82, 2.24) is 10.6 Å². The Hall–Kier alpha value is -1.01. The summed E-state index contributed by atoms with van der Waals surface area (Å²) in [5, 5.41) is 5.26. The molecule has 1 rings (SSSR count). The maximum absolute atomic E-state index is 13.5. The molecule has 6 heteroatoms. The van der Waals surface area contributed by atoms with Crippen molar-refractivity contribution in [2.45, 2.75) is 13.5 Å². The number of nitrogens with one attached hydrogen (secondary N) is 2. The molecule has 0 aromatic heterocycles. The van der Waals surface area contributed by atoms with Crippen molar-refractivity contribution in [2.75, 3.05) is 13.1 Å². The number of rotatable bonds is 5. The van der Waals surface area contributed by atoms with Crippen LogP contribution in [0.1, 0.15) is 12.5 Å². The van der Waals surface area contributed by atoms with Crippen LogP contribution in [0.25, 0.3) is 0 Å². The van der Waals surface area contributed by atoms with Crippen LogP contribution in [0.3, 0.4) is 0 Å². The Balaban J connectivity index is 2.58. The van der Waals surface area contributed by atoms with E-state index in [0.29, 0.717) is 6.54 Å². The third-order valence-electron chi connectivity index (χ3n) is 2.10. The lowest BCUT2D eigenvalue weighted by molar-refractivity contribution is -0.120. The summed E-state index contributed by atoms with van der Waals surface area (Å²) in [6.45, 7) is 2.32. The molecule has 0 heterocycles. The average molecular weight is 307 g/mol. The van der Waals surface area contributed by atoms with Crippen LogP contribution < -0.4 is 10.6 Å². The number of benzene rings is 1. The molecule has 0 bridgehead atoms. The topological polar surface area (TPSA) is 41.1 Å². The molecular weight excluding hydrogens is 294 g/mol. The highest BCUT2D eigenvalue weighted by Gasteiger charge is 2.12. The Labute approximate surface area is 107 Å². The second-order valence-corrected chi connectivity index (χ2v) is 4.23. The van der Waals surface area contributed by atoms with Crippen LogP contribution in [-0.4, -0.2) is 19.0 Å². The molecule has 94 valence electrons. The van der Waals surface area contributed by atoms with Gasteiger partial charge in [-0.05, 0) is 35.0 Å². The minimum absolute atomic E-state index is 0.0270. The van der Waals surface area contributed by atoms with E-state index in [1.54, 1.807) is 6.92 Å². The minimum Gasteiger partial charge on any atom is -0.355 e. The molecule has 0 saturated carbocycles. The van der Waals surface area contributed by atoms with Crippen molar-refractivity contribution in [3.63, 3.8) is 0 Å². The van der Waals surface area contributed by atoms with E-state index in [-0.39, 0.29) is 29.0 Å². The number of carbonyl (C=O) groups is 1. The van der Waals surface area contributed by atoms with E-state index in [0.717, 1.165) is 0 Å². The van der Waals surface area contributed by atoms with Gasteiger partial charge >= 0.3 is 0 Å². The molecule has 3 nitrogen and oxygen atoms in total. The zero-order chi connectivity index (χ0) is 12.8. The quantitative estimate of drug-likeness (QED) is 0.817. The molecule has 0 spiro atoms. The summed E-state index contributed by atoms with van der Waals surface area (Å²) in [5.41, 5.74) is -0.0799. The van der Waals surface area contributed by atoms with Crippen LogP contribution in [-0.2, 0) is 11.3 Å². The molecule has 0 atom stereocenters. The van der Waals surface area contributed by atoms with Crippen LogP contribution in [0.2, 0.25) is 0 Å². The molecule has 0 radical (unpaired) electrons. The van der Waals surface area contributed by atoms with Gasteiger partial charge in [0.05, 0.1) is 11.0 Å². The number of likely N-dealkylation sites (N-methyl/N-ethyl adjacent to an activating group) is 1. The lowest BCUT2D eigenvalue weighted by Gasteiger charge is -2.08.